The van der Waals surface area contributed by atoms with E-state index in [9.17, 15) is 19.7 Å². The van der Waals surface area contributed by atoms with Crippen molar-refractivity contribution in [3.8, 4) is 11.5 Å². The molecular formula is C11H9Cl2NO6. The number of ether oxygens (including phenoxy) is 2. The number of esters is 2. The van der Waals surface area contributed by atoms with E-state index in [1.807, 2.05) is 0 Å². The fraction of sp³-hybridized carbons (Fsp3) is 0.273. The molecule has 1 aromatic rings. The van der Waals surface area contributed by atoms with Crippen LogP contribution in [0.2, 0.25) is 10.0 Å². The van der Waals surface area contributed by atoms with Crippen molar-refractivity contribution in [1.82, 2.24) is 0 Å². The summed E-state index contributed by atoms with van der Waals surface area (Å²) >= 11 is 11.6. The van der Waals surface area contributed by atoms with Gasteiger partial charge in [0, 0.05) is 19.4 Å². The van der Waals surface area contributed by atoms with Crippen molar-refractivity contribution < 1.29 is 24.0 Å². The van der Waals surface area contributed by atoms with Gasteiger partial charge in [0.05, 0.1) is 9.95 Å². The maximum atomic E-state index is 11.1. The lowest BCUT2D eigenvalue weighted by molar-refractivity contribution is -0.385. The molecular weight excluding hydrogens is 313 g/mol. The first-order valence-corrected chi connectivity index (χ1v) is 5.95. The van der Waals surface area contributed by atoms with Crippen molar-refractivity contribution in [1.29, 1.82) is 0 Å². The second-order valence-corrected chi connectivity index (χ2v) is 4.46. The molecule has 108 valence electrons. The van der Waals surface area contributed by atoms with Crippen molar-refractivity contribution in [2.24, 2.45) is 0 Å². The van der Waals surface area contributed by atoms with Gasteiger partial charge >= 0.3 is 17.6 Å². The molecule has 9 heteroatoms. The fourth-order valence-electron chi connectivity index (χ4n) is 1.41. The molecule has 20 heavy (non-hydrogen) atoms. The highest BCUT2D eigenvalue weighted by Gasteiger charge is 2.32. The van der Waals surface area contributed by atoms with Gasteiger partial charge in [-0.05, 0) is 6.92 Å². The van der Waals surface area contributed by atoms with E-state index in [0.717, 1.165) is 13.8 Å². The van der Waals surface area contributed by atoms with Gasteiger partial charge in [0.2, 0.25) is 0 Å². The smallest absolute Gasteiger partial charge is 0.335 e. The highest BCUT2D eigenvalue weighted by molar-refractivity contribution is 6.44. The number of halogens is 2. The third kappa shape index (κ3) is 3.17. The molecule has 0 N–H and O–H groups in total. The van der Waals surface area contributed by atoms with Gasteiger partial charge in [-0.3, -0.25) is 19.7 Å². The zero-order valence-electron chi connectivity index (χ0n) is 10.7. The zero-order chi connectivity index (χ0) is 15.6. The monoisotopic (exact) mass is 321 g/mol. The summed E-state index contributed by atoms with van der Waals surface area (Å²) in [6.07, 6.45) is 0. The Morgan fingerprint density at radius 2 is 1.50 bits per heavy atom. The average molecular weight is 322 g/mol. The molecule has 0 aliphatic rings. The maximum absolute atomic E-state index is 11.1. The van der Waals surface area contributed by atoms with E-state index in [1.54, 1.807) is 0 Å². The standard InChI is InChI=1S/C11H9Cl2NO6/c1-4-7(12)8(13)9(14(17)18)11(20-6(3)16)10(4)19-5(2)15/h1-3H3. The van der Waals surface area contributed by atoms with E-state index in [1.165, 1.54) is 6.92 Å². The lowest BCUT2D eigenvalue weighted by atomic mass is 10.1. The summed E-state index contributed by atoms with van der Waals surface area (Å²) in [7, 11) is 0. The van der Waals surface area contributed by atoms with Gasteiger partial charge in [0.1, 0.15) is 5.02 Å². The third-order valence-electron chi connectivity index (χ3n) is 2.17. The number of hydrogen-bond donors (Lipinski definition) is 0. The van der Waals surface area contributed by atoms with Crippen molar-refractivity contribution >= 4 is 40.8 Å². The van der Waals surface area contributed by atoms with E-state index >= 15 is 0 Å². The van der Waals surface area contributed by atoms with Crippen LogP contribution in [0.3, 0.4) is 0 Å². The zero-order valence-corrected chi connectivity index (χ0v) is 12.2. The van der Waals surface area contributed by atoms with Crippen molar-refractivity contribution in [3.05, 3.63) is 25.7 Å². The highest BCUT2D eigenvalue weighted by Crippen LogP contribution is 2.49. The first kappa shape index (κ1) is 16.2. The average Bonchev–Trinajstić information content (AvgIpc) is 2.30. The molecule has 0 radical (unpaired) electrons. The molecule has 0 saturated heterocycles. The number of hydrogen-bond acceptors (Lipinski definition) is 6. The minimum Gasteiger partial charge on any atom is -0.422 e. The van der Waals surface area contributed by atoms with Crippen LogP contribution in [0.1, 0.15) is 19.4 Å². The summed E-state index contributed by atoms with van der Waals surface area (Å²) in [5, 5.41) is 10.5. The molecule has 0 spiro atoms. The number of carbonyl (C=O) groups excluding carboxylic acids is 2. The van der Waals surface area contributed by atoms with Gasteiger partial charge in [-0.25, -0.2) is 0 Å². The molecule has 1 aromatic carbocycles. The minimum atomic E-state index is -0.876. The molecule has 0 unspecified atom stereocenters. The molecule has 1 rings (SSSR count). The number of nitrogens with zero attached hydrogens (tertiary/aromatic N) is 1. The van der Waals surface area contributed by atoms with Gasteiger partial charge in [-0.1, -0.05) is 23.2 Å². The summed E-state index contributed by atoms with van der Waals surface area (Å²) in [6, 6.07) is 0. The van der Waals surface area contributed by atoms with Gasteiger partial charge in [-0.2, -0.15) is 0 Å². The van der Waals surface area contributed by atoms with E-state index in [-0.39, 0.29) is 16.3 Å². The molecule has 0 aromatic heterocycles. The first-order chi connectivity index (χ1) is 9.16. The Morgan fingerprint density at radius 3 is 1.90 bits per heavy atom. The second kappa shape index (κ2) is 6.06. The van der Waals surface area contributed by atoms with E-state index < -0.39 is 33.3 Å². The molecule has 0 saturated carbocycles. The summed E-state index contributed by atoms with van der Waals surface area (Å²) in [6.45, 7) is 3.55. The van der Waals surface area contributed by atoms with Crippen molar-refractivity contribution in [3.63, 3.8) is 0 Å². The van der Waals surface area contributed by atoms with Crippen LogP contribution < -0.4 is 9.47 Å². The van der Waals surface area contributed by atoms with Crippen LogP contribution in [0.5, 0.6) is 11.5 Å². The number of nitro groups is 1. The summed E-state index contributed by atoms with van der Waals surface area (Å²) in [5.74, 6) is -2.45. The van der Waals surface area contributed by atoms with Crippen LogP contribution in [0.25, 0.3) is 0 Å². The number of rotatable bonds is 3. The van der Waals surface area contributed by atoms with Crippen LogP contribution in [0, 0.1) is 17.0 Å². The van der Waals surface area contributed by atoms with Crippen LogP contribution in [-0.4, -0.2) is 16.9 Å². The molecule has 0 aliphatic carbocycles. The lowest BCUT2D eigenvalue weighted by Gasteiger charge is -2.14. The summed E-state index contributed by atoms with van der Waals surface area (Å²) in [4.78, 5) is 32.3. The lowest BCUT2D eigenvalue weighted by Crippen LogP contribution is -2.11. The highest BCUT2D eigenvalue weighted by atomic mass is 35.5. The predicted molar refractivity (Wildman–Crippen MR) is 70.5 cm³/mol. The molecule has 0 bridgehead atoms. The van der Waals surface area contributed by atoms with Gasteiger partial charge < -0.3 is 9.47 Å². The van der Waals surface area contributed by atoms with E-state index in [2.05, 4.69) is 0 Å². The quantitative estimate of drug-likeness (QED) is 0.367. The van der Waals surface area contributed by atoms with Gasteiger partial charge in [-0.15, -0.1) is 0 Å². The fourth-order valence-corrected chi connectivity index (χ4v) is 1.89. The molecule has 0 heterocycles. The Hall–Kier alpha value is -1.86. The number of nitro benzene ring substituents is 1. The Kier molecular flexibility index (Phi) is 4.91. The maximum Gasteiger partial charge on any atom is 0.335 e. The SMILES string of the molecule is CC(=O)Oc1c(C)c(Cl)c(Cl)c([N+](=O)[O-])c1OC(C)=O. The van der Waals surface area contributed by atoms with Crippen LogP contribution in [0.4, 0.5) is 5.69 Å². The van der Waals surface area contributed by atoms with Gasteiger partial charge in [0.25, 0.3) is 5.75 Å². The number of benzene rings is 1. The molecule has 0 aliphatic heterocycles. The predicted octanol–water partition coefficient (Wildman–Crippen LogP) is 3.06. The summed E-state index contributed by atoms with van der Waals surface area (Å²) < 4.78 is 9.59. The molecule has 0 atom stereocenters. The Balaban J connectivity index is 3.73. The Labute approximate surface area is 123 Å². The van der Waals surface area contributed by atoms with Gasteiger partial charge in [0.15, 0.2) is 5.75 Å². The summed E-state index contributed by atoms with van der Waals surface area (Å²) in [5.41, 5.74) is -0.595. The topological polar surface area (TPSA) is 95.7 Å². The van der Waals surface area contributed by atoms with E-state index in [0.29, 0.717) is 0 Å². The molecule has 0 amide bonds. The van der Waals surface area contributed by atoms with Crippen LogP contribution in [-0.2, 0) is 9.59 Å². The normalized spacial score (nSPS) is 10.1. The van der Waals surface area contributed by atoms with E-state index in [4.69, 9.17) is 32.7 Å². The van der Waals surface area contributed by atoms with Crippen molar-refractivity contribution in [2.75, 3.05) is 0 Å². The first-order valence-electron chi connectivity index (χ1n) is 5.19. The third-order valence-corrected chi connectivity index (χ3v) is 3.10. The van der Waals surface area contributed by atoms with Crippen molar-refractivity contribution in [2.45, 2.75) is 20.8 Å². The second-order valence-electron chi connectivity index (χ2n) is 3.70. The number of carbonyl (C=O) groups is 2. The molecule has 7 nitrogen and oxygen atoms in total. The van der Waals surface area contributed by atoms with Crippen LogP contribution >= 0.6 is 23.2 Å². The molecule has 0 fully saturated rings. The van der Waals surface area contributed by atoms with Crippen LogP contribution in [0.15, 0.2) is 0 Å². The Bertz CT molecular complexity index is 614. The Morgan fingerprint density at radius 1 is 1.05 bits per heavy atom. The largest absolute Gasteiger partial charge is 0.422 e. The minimum absolute atomic E-state index is 0.147.